The molecule has 2 aromatic carbocycles. The zero-order chi connectivity index (χ0) is 18.9. The van der Waals surface area contributed by atoms with E-state index in [0.717, 1.165) is 42.0 Å². The summed E-state index contributed by atoms with van der Waals surface area (Å²) in [6.45, 7) is 3.99. The van der Waals surface area contributed by atoms with E-state index in [1.165, 1.54) is 5.56 Å². The van der Waals surface area contributed by atoms with E-state index in [1.54, 1.807) is 0 Å². The summed E-state index contributed by atoms with van der Waals surface area (Å²) in [5, 5.41) is 10.7. The van der Waals surface area contributed by atoms with Gasteiger partial charge in [0.25, 0.3) is 0 Å². The zero-order valence-electron chi connectivity index (χ0n) is 15.7. The minimum absolute atomic E-state index is 0.177. The smallest absolute Gasteiger partial charge is 0.319 e. The van der Waals surface area contributed by atoms with Crippen molar-refractivity contribution in [2.45, 2.75) is 38.6 Å². The fraction of sp³-hybridized carbons (Fsp3) is 0.273. The van der Waals surface area contributed by atoms with Gasteiger partial charge in [-0.2, -0.15) is 5.10 Å². The predicted octanol–water partition coefficient (Wildman–Crippen LogP) is 4.69. The zero-order valence-corrected chi connectivity index (χ0v) is 15.7. The van der Waals surface area contributed by atoms with Gasteiger partial charge in [0.05, 0.1) is 16.9 Å². The lowest BCUT2D eigenvalue weighted by molar-refractivity contribution is 0.185. The van der Waals surface area contributed by atoms with Crippen molar-refractivity contribution in [3.8, 4) is 5.69 Å². The van der Waals surface area contributed by atoms with Crippen molar-refractivity contribution in [1.82, 2.24) is 15.1 Å². The second kappa shape index (κ2) is 6.91. The number of benzene rings is 2. The van der Waals surface area contributed by atoms with Crippen molar-refractivity contribution in [3.05, 3.63) is 77.6 Å². The first-order valence-electron chi connectivity index (χ1n) is 9.34. The molecular weight excluding hydrogens is 336 g/mol. The van der Waals surface area contributed by atoms with Gasteiger partial charge in [-0.25, -0.2) is 9.48 Å². The molecule has 4 rings (SSSR count). The number of urea groups is 1. The molecule has 1 fully saturated rings. The lowest BCUT2D eigenvalue weighted by Gasteiger charge is -2.43. The van der Waals surface area contributed by atoms with Crippen LogP contribution in [0.3, 0.4) is 0 Å². The monoisotopic (exact) mass is 360 g/mol. The second-order valence-electron chi connectivity index (χ2n) is 7.27. The van der Waals surface area contributed by atoms with Crippen LogP contribution in [0.4, 0.5) is 10.5 Å². The van der Waals surface area contributed by atoms with Gasteiger partial charge in [0, 0.05) is 11.4 Å². The Balaban J connectivity index is 1.50. The Morgan fingerprint density at radius 2 is 1.81 bits per heavy atom. The summed E-state index contributed by atoms with van der Waals surface area (Å²) in [6.07, 6.45) is 3.06. The van der Waals surface area contributed by atoms with Crippen molar-refractivity contribution in [3.63, 3.8) is 0 Å². The molecule has 3 aromatic rings. The van der Waals surface area contributed by atoms with Crippen LogP contribution >= 0.6 is 0 Å². The maximum absolute atomic E-state index is 12.7. The SMILES string of the molecule is Cc1cc(C)n(-c2cccc(NC(=O)NC3(c4ccccc4)CCC3)c2)n1. The molecule has 1 aromatic heterocycles. The van der Waals surface area contributed by atoms with Crippen LogP contribution in [0.5, 0.6) is 0 Å². The number of carbonyl (C=O) groups excluding carboxylic acids is 1. The van der Waals surface area contributed by atoms with E-state index >= 15 is 0 Å². The van der Waals surface area contributed by atoms with Crippen LogP contribution < -0.4 is 10.6 Å². The Kier molecular flexibility index (Phi) is 4.44. The van der Waals surface area contributed by atoms with Crippen molar-refractivity contribution in [2.75, 3.05) is 5.32 Å². The van der Waals surface area contributed by atoms with E-state index in [4.69, 9.17) is 0 Å². The number of anilines is 1. The van der Waals surface area contributed by atoms with Crippen LogP contribution in [-0.4, -0.2) is 15.8 Å². The fourth-order valence-corrected chi connectivity index (χ4v) is 3.76. The topological polar surface area (TPSA) is 59.0 Å². The molecular formula is C22H24N4O. The Bertz CT molecular complexity index is 957. The van der Waals surface area contributed by atoms with E-state index in [-0.39, 0.29) is 11.6 Å². The minimum atomic E-state index is -0.251. The summed E-state index contributed by atoms with van der Waals surface area (Å²) < 4.78 is 1.88. The van der Waals surface area contributed by atoms with Crippen LogP contribution in [-0.2, 0) is 5.54 Å². The van der Waals surface area contributed by atoms with Crippen LogP contribution in [0.25, 0.3) is 5.69 Å². The summed E-state index contributed by atoms with van der Waals surface area (Å²) >= 11 is 0. The third-order valence-electron chi connectivity index (χ3n) is 5.24. The maximum atomic E-state index is 12.7. The quantitative estimate of drug-likeness (QED) is 0.709. The minimum Gasteiger partial charge on any atom is -0.328 e. The van der Waals surface area contributed by atoms with Crippen molar-refractivity contribution < 1.29 is 4.79 Å². The molecule has 0 unspecified atom stereocenters. The summed E-state index contributed by atoms with van der Waals surface area (Å²) in [5.41, 5.74) is 4.63. The molecule has 0 radical (unpaired) electrons. The first kappa shape index (κ1) is 17.3. The molecule has 0 spiro atoms. The van der Waals surface area contributed by atoms with Crippen LogP contribution in [0, 0.1) is 13.8 Å². The lowest BCUT2D eigenvalue weighted by Crippen LogP contribution is -2.52. The molecule has 2 N–H and O–H groups in total. The molecule has 1 aliphatic carbocycles. The number of aromatic nitrogens is 2. The predicted molar refractivity (Wildman–Crippen MR) is 107 cm³/mol. The van der Waals surface area contributed by atoms with Gasteiger partial charge >= 0.3 is 6.03 Å². The maximum Gasteiger partial charge on any atom is 0.319 e. The van der Waals surface area contributed by atoms with E-state index in [2.05, 4.69) is 27.9 Å². The average molecular weight is 360 g/mol. The molecule has 5 heteroatoms. The van der Waals surface area contributed by atoms with Gasteiger partial charge in [0.1, 0.15) is 0 Å². The molecule has 0 bridgehead atoms. The number of aryl methyl sites for hydroxylation is 2. The van der Waals surface area contributed by atoms with Gasteiger partial charge in [-0.1, -0.05) is 36.4 Å². The Morgan fingerprint density at radius 3 is 2.44 bits per heavy atom. The third-order valence-corrected chi connectivity index (χ3v) is 5.24. The second-order valence-corrected chi connectivity index (χ2v) is 7.27. The van der Waals surface area contributed by atoms with Crippen molar-refractivity contribution >= 4 is 11.7 Å². The van der Waals surface area contributed by atoms with E-state index in [1.807, 2.05) is 67.1 Å². The van der Waals surface area contributed by atoms with Gasteiger partial charge in [0.15, 0.2) is 0 Å². The number of amides is 2. The summed E-state index contributed by atoms with van der Waals surface area (Å²) in [5.74, 6) is 0. The molecule has 1 aliphatic rings. The number of carbonyl (C=O) groups is 1. The number of hydrogen-bond donors (Lipinski definition) is 2. The summed E-state index contributed by atoms with van der Waals surface area (Å²) in [6, 6.07) is 19.8. The van der Waals surface area contributed by atoms with Gasteiger partial charge in [-0.15, -0.1) is 0 Å². The van der Waals surface area contributed by atoms with Gasteiger partial charge in [-0.3, -0.25) is 0 Å². The van der Waals surface area contributed by atoms with E-state index in [0.29, 0.717) is 0 Å². The fourth-order valence-electron chi connectivity index (χ4n) is 3.76. The van der Waals surface area contributed by atoms with Crippen molar-refractivity contribution in [2.24, 2.45) is 0 Å². The highest BCUT2D eigenvalue weighted by Gasteiger charge is 2.39. The van der Waals surface area contributed by atoms with Crippen LogP contribution in [0.15, 0.2) is 60.7 Å². The standard InChI is InChI=1S/C22H24N4O/c1-16-14-17(2)26(25-16)20-11-6-10-19(15-20)23-21(27)24-22(12-7-13-22)18-8-4-3-5-9-18/h3-6,8-11,14-15H,7,12-13H2,1-2H3,(H2,23,24,27). The number of nitrogens with one attached hydrogen (secondary N) is 2. The molecule has 1 saturated carbocycles. The summed E-state index contributed by atoms with van der Waals surface area (Å²) in [7, 11) is 0. The van der Waals surface area contributed by atoms with Crippen LogP contribution in [0.2, 0.25) is 0 Å². The molecule has 1 heterocycles. The largest absolute Gasteiger partial charge is 0.328 e. The first-order chi connectivity index (χ1) is 13.1. The highest BCUT2D eigenvalue weighted by atomic mass is 16.2. The summed E-state index contributed by atoms with van der Waals surface area (Å²) in [4.78, 5) is 12.7. The van der Waals surface area contributed by atoms with Crippen molar-refractivity contribution in [1.29, 1.82) is 0 Å². The lowest BCUT2D eigenvalue weighted by atomic mass is 9.72. The third kappa shape index (κ3) is 3.45. The molecule has 2 amide bonds. The van der Waals surface area contributed by atoms with Gasteiger partial charge < -0.3 is 10.6 Å². The number of nitrogens with zero attached hydrogens (tertiary/aromatic N) is 2. The molecule has 0 aliphatic heterocycles. The molecule has 0 atom stereocenters. The number of hydrogen-bond acceptors (Lipinski definition) is 2. The van der Waals surface area contributed by atoms with Gasteiger partial charge in [-0.05, 0) is 62.9 Å². The highest BCUT2D eigenvalue weighted by Crippen LogP contribution is 2.41. The molecule has 138 valence electrons. The van der Waals surface area contributed by atoms with E-state index < -0.39 is 0 Å². The van der Waals surface area contributed by atoms with Gasteiger partial charge in [0.2, 0.25) is 0 Å². The Hall–Kier alpha value is -3.08. The first-order valence-corrected chi connectivity index (χ1v) is 9.34. The number of rotatable bonds is 4. The highest BCUT2D eigenvalue weighted by molar-refractivity contribution is 5.90. The van der Waals surface area contributed by atoms with E-state index in [9.17, 15) is 4.79 Å². The molecule has 0 saturated heterocycles. The van der Waals surface area contributed by atoms with Crippen LogP contribution in [0.1, 0.15) is 36.2 Å². The Labute approximate surface area is 159 Å². The normalized spacial score (nSPS) is 15.0. The molecule has 27 heavy (non-hydrogen) atoms. The average Bonchev–Trinajstić information content (AvgIpc) is 2.97. The molecule has 5 nitrogen and oxygen atoms in total. The Morgan fingerprint density at radius 1 is 1.04 bits per heavy atom.